The highest BCUT2D eigenvalue weighted by molar-refractivity contribution is 6.37. The molecule has 0 aromatic heterocycles. The SMILES string of the molecule is NCCCCCC(=O)Nc1c(Cl)cc(Cl)cc1C(=O)O. The van der Waals surface area contributed by atoms with Crippen LogP contribution in [0, 0.1) is 0 Å². The van der Waals surface area contributed by atoms with Gasteiger partial charge in [-0.15, -0.1) is 0 Å². The number of benzene rings is 1. The van der Waals surface area contributed by atoms with E-state index in [4.69, 9.17) is 34.0 Å². The van der Waals surface area contributed by atoms with Crippen LogP contribution in [0.1, 0.15) is 36.0 Å². The number of hydrogen-bond acceptors (Lipinski definition) is 3. The number of carboxylic acids is 1. The van der Waals surface area contributed by atoms with E-state index in [2.05, 4.69) is 5.32 Å². The van der Waals surface area contributed by atoms with E-state index in [1.54, 1.807) is 0 Å². The zero-order chi connectivity index (χ0) is 15.1. The molecule has 5 nitrogen and oxygen atoms in total. The van der Waals surface area contributed by atoms with Crippen LogP contribution in [0.15, 0.2) is 12.1 Å². The molecule has 110 valence electrons. The van der Waals surface area contributed by atoms with Gasteiger partial charge in [-0.3, -0.25) is 4.79 Å². The molecular weight excluding hydrogens is 303 g/mol. The molecule has 7 heteroatoms. The molecule has 0 heterocycles. The molecule has 0 spiro atoms. The number of amides is 1. The van der Waals surface area contributed by atoms with Gasteiger partial charge in [0.15, 0.2) is 0 Å². The Hall–Kier alpha value is -1.30. The number of carbonyl (C=O) groups is 2. The van der Waals surface area contributed by atoms with Crippen molar-refractivity contribution in [1.82, 2.24) is 0 Å². The number of hydrogen-bond donors (Lipinski definition) is 3. The van der Waals surface area contributed by atoms with Gasteiger partial charge >= 0.3 is 5.97 Å². The van der Waals surface area contributed by atoms with Crippen molar-refractivity contribution < 1.29 is 14.7 Å². The first-order valence-electron chi connectivity index (χ1n) is 6.18. The van der Waals surface area contributed by atoms with E-state index >= 15 is 0 Å². The molecule has 0 bridgehead atoms. The zero-order valence-corrected chi connectivity index (χ0v) is 12.3. The maximum atomic E-state index is 11.8. The molecule has 0 atom stereocenters. The lowest BCUT2D eigenvalue weighted by molar-refractivity contribution is -0.116. The Kier molecular flexibility index (Phi) is 6.78. The first-order valence-corrected chi connectivity index (χ1v) is 6.93. The van der Waals surface area contributed by atoms with Crippen molar-refractivity contribution in [3.63, 3.8) is 0 Å². The Balaban J connectivity index is 2.76. The number of nitrogens with two attached hydrogens (primary N) is 1. The topological polar surface area (TPSA) is 92.4 Å². The minimum atomic E-state index is -1.20. The molecule has 0 aliphatic rings. The van der Waals surface area contributed by atoms with E-state index in [9.17, 15) is 9.59 Å². The number of aromatic carboxylic acids is 1. The summed E-state index contributed by atoms with van der Waals surface area (Å²) in [6, 6.07) is 2.64. The van der Waals surface area contributed by atoms with Crippen LogP contribution in [0.2, 0.25) is 10.0 Å². The largest absolute Gasteiger partial charge is 0.478 e. The number of unbranched alkanes of at least 4 members (excludes halogenated alkanes) is 2. The predicted molar refractivity (Wildman–Crippen MR) is 79.6 cm³/mol. The third kappa shape index (κ3) is 5.00. The molecular formula is C13H16Cl2N2O3. The van der Waals surface area contributed by atoms with E-state index in [1.165, 1.54) is 12.1 Å². The molecule has 0 saturated carbocycles. The molecule has 0 aliphatic heterocycles. The summed E-state index contributed by atoms with van der Waals surface area (Å²) in [5, 5.41) is 11.9. The quantitative estimate of drug-likeness (QED) is 0.673. The number of halogens is 2. The maximum Gasteiger partial charge on any atom is 0.337 e. The van der Waals surface area contributed by atoms with Gasteiger partial charge in [0.25, 0.3) is 0 Å². The van der Waals surface area contributed by atoms with Crippen LogP contribution in [0.25, 0.3) is 0 Å². The first kappa shape index (κ1) is 16.8. The van der Waals surface area contributed by atoms with Crippen LogP contribution in [0.4, 0.5) is 5.69 Å². The summed E-state index contributed by atoms with van der Waals surface area (Å²) in [5.74, 6) is -1.48. The summed E-state index contributed by atoms with van der Waals surface area (Å²) >= 11 is 11.7. The van der Waals surface area contributed by atoms with Crippen molar-refractivity contribution in [2.45, 2.75) is 25.7 Å². The lowest BCUT2D eigenvalue weighted by Gasteiger charge is -2.11. The third-order valence-electron chi connectivity index (χ3n) is 2.66. The molecule has 0 fully saturated rings. The number of anilines is 1. The molecule has 0 unspecified atom stereocenters. The van der Waals surface area contributed by atoms with Gasteiger partial charge < -0.3 is 16.2 Å². The average molecular weight is 319 g/mol. The molecule has 0 radical (unpaired) electrons. The Morgan fingerprint density at radius 2 is 1.90 bits per heavy atom. The summed E-state index contributed by atoms with van der Waals surface area (Å²) < 4.78 is 0. The van der Waals surface area contributed by atoms with Crippen molar-refractivity contribution in [2.75, 3.05) is 11.9 Å². The van der Waals surface area contributed by atoms with Gasteiger partial charge in [0.1, 0.15) is 0 Å². The molecule has 1 aromatic carbocycles. The zero-order valence-electron chi connectivity index (χ0n) is 10.8. The van der Waals surface area contributed by atoms with E-state index in [0.29, 0.717) is 13.0 Å². The minimum absolute atomic E-state index is 0.0763. The lowest BCUT2D eigenvalue weighted by Crippen LogP contribution is -2.15. The van der Waals surface area contributed by atoms with Gasteiger partial charge in [0.05, 0.1) is 16.3 Å². The summed E-state index contributed by atoms with van der Waals surface area (Å²) in [7, 11) is 0. The standard InChI is InChI=1S/C13H16Cl2N2O3/c14-8-6-9(13(19)20)12(10(15)7-8)17-11(18)4-2-1-3-5-16/h6-7H,1-5,16H2,(H,17,18)(H,19,20). The van der Waals surface area contributed by atoms with Crippen LogP contribution in [0.5, 0.6) is 0 Å². The van der Waals surface area contributed by atoms with Crippen molar-refractivity contribution in [3.05, 3.63) is 27.7 Å². The highest BCUT2D eigenvalue weighted by Gasteiger charge is 2.17. The van der Waals surface area contributed by atoms with E-state index in [-0.39, 0.29) is 33.6 Å². The van der Waals surface area contributed by atoms with Gasteiger partial charge in [-0.1, -0.05) is 29.6 Å². The Morgan fingerprint density at radius 3 is 2.50 bits per heavy atom. The molecule has 1 amide bonds. The molecule has 0 saturated heterocycles. The fourth-order valence-electron chi connectivity index (χ4n) is 1.68. The van der Waals surface area contributed by atoms with E-state index in [0.717, 1.165) is 12.8 Å². The monoisotopic (exact) mass is 318 g/mol. The van der Waals surface area contributed by atoms with Crippen molar-refractivity contribution in [3.8, 4) is 0 Å². The number of carboxylic acid groups (broad SMARTS) is 1. The van der Waals surface area contributed by atoms with Gasteiger partial charge in [0.2, 0.25) is 5.91 Å². The molecule has 20 heavy (non-hydrogen) atoms. The maximum absolute atomic E-state index is 11.8. The molecule has 1 aromatic rings. The summed E-state index contributed by atoms with van der Waals surface area (Å²) in [5.41, 5.74) is 5.31. The molecule has 0 aliphatic carbocycles. The fourth-order valence-corrected chi connectivity index (χ4v) is 2.22. The predicted octanol–water partition coefficient (Wildman–Crippen LogP) is 3.15. The molecule has 4 N–H and O–H groups in total. The van der Waals surface area contributed by atoms with Gasteiger partial charge in [-0.25, -0.2) is 4.79 Å². The third-order valence-corrected chi connectivity index (χ3v) is 3.17. The Morgan fingerprint density at radius 1 is 1.20 bits per heavy atom. The van der Waals surface area contributed by atoms with Crippen molar-refractivity contribution in [1.29, 1.82) is 0 Å². The van der Waals surface area contributed by atoms with E-state index in [1.807, 2.05) is 0 Å². The summed E-state index contributed by atoms with van der Waals surface area (Å²) in [4.78, 5) is 22.9. The van der Waals surface area contributed by atoms with E-state index < -0.39 is 5.97 Å². The smallest absolute Gasteiger partial charge is 0.337 e. The van der Waals surface area contributed by atoms with Crippen LogP contribution in [-0.2, 0) is 4.79 Å². The van der Waals surface area contributed by atoms with Crippen LogP contribution in [-0.4, -0.2) is 23.5 Å². The lowest BCUT2D eigenvalue weighted by atomic mass is 10.1. The van der Waals surface area contributed by atoms with Gasteiger partial charge in [-0.05, 0) is 31.5 Å². The van der Waals surface area contributed by atoms with Crippen LogP contribution >= 0.6 is 23.2 Å². The molecule has 1 rings (SSSR count). The number of carbonyl (C=O) groups excluding carboxylic acids is 1. The normalized spacial score (nSPS) is 10.3. The second kappa shape index (κ2) is 8.09. The Labute approximate surface area is 127 Å². The number of rotatable bonds is 7. The second-order valence-corrected chi connectivity index (χ2v) is 5.11. The van der Waals surface area contributed by atoms with Crippen LogP contribution in [0.3, 0.4) is 0 Å². The van der Waals surface area contributed by atoms with Crippen molar-refractivity contribution in [2.24, 2.45) is 5.73 Å². The second-order valence-electron chi connectivity index (χ2n) is 4.26. The highest BCUT2D eigenvalue weighted by atomic mass is 35.5. The Bertz CT molecular complexity index is 507. The summed E-state index contributed by atoms with van der Waals surface area (Å²) in [6.45, 7) is 0.591. The average Bonchev–Trinajstić information content (AvgIpc) is 2.37. The number of nitrogens with one attached hydrogen (secondary N) is 1. The minimum Gasteiger partial charge on any atom is -0.478 e. The van der Waals surface area contributed by atoms with Gasteiger partial charge in [-0.2, -0.15) is 0 Å². The van der Waals surface area contributed by atoms with Crippen molar-refractivity contribution >= 4 is 40.8 Å². The highest BCUT2D eigenvalue weighted by Crippen LogP contribution is 2.30. The first-order chi connectivity index (χ1) is 9.45. The summed E-state index contributed by atoms with van der Waals surface area (Å²) in [6.07, 6.45) is 2.69. The van der Waals surface area contributed by atoms with Gasteiger partial charge in [0, 0.05) is 11.4 Å². The fraction of sp³-hybridized carbons (Fsp3) is 0.385. The van der Waals surface area contributed by atoms with Crippen LogP contribution < -0.4 is 11.1 Å².